The molecule has 0 aromatic heterocycles. The van der Waals surface area contributed by atoms with Crippen molar-refractivity contribution in [1.29, 1.82) is 0 Å². The van der Waals surface area contributed by atoms with E-state index >= 15 is 0 Å². The lowest BCUT2D eigenvalue weighted by Crippen LogP contribution is -2.43. The van der Waals surface area contributed by atoms with Crippen LogP contribution in [0, 0.1) is 5.92 Å². The van der Waals surface area contributed by atoms with Crippen LogP contribution in [0.2, 0.25) is 0 Å². The summed E-state index contributed by atoms with van der Waals surface area (Å²) in [6.45, 7) is 0. The Hall–Kier alpha value is -3.44. The minimum atomic E-state index is -0.172. The van der Waals surface area contributed by atoms with Gasteiger partial charge in [-0.1, -0.05) is 61.0 Å². The molecular weight excluding hydrogens is 408 g/mol. The second-order valence-electron chi connectivity index (χ2n) is 8.48. The molecule has 3 aromatic rings. The van der Waals surface area contributed by atoms with Crippen molar-refractivity contribution >= 4 is 23.5 Å². The van der Waals surface area contributed by atoms with Gasteiger partial charge in [0, 0.05) is 17.8 Å². The van der Waals surface area contributed by atoms with Gasteiger partial charge in [-0.3, -0.25) is 9.80 Å². The molecule has 5 heteroatoms. The predicted molar refractivity (Wildman–Crippen MR) is 136 cm³/mol. The molecule has 170 valence electrons. The molecule has 2 unspecified atom stereocenters. The van der Waals surface area contributed by atoms with Gasteiger partial charge in [0.25, 0.3) is 5.91 Å². The summed E-state index contributed by atoms with van der Waals surface area (Å²) in [4.78, 5) is 12.0. The first-order valence-electron chi connectivity index (χ1n) is 11.8. The number of hydrazone groups is 1. The van der Waals surface area contributed by atoms with Crippen LogP contribution in [0.1, 0.15) is 48.9 Å². The number of hydrazine groups is 1. The number of nitrogens with one attached hydrogen (secondary N) is 2. The first-order valence-corrected chi connectivity index (χ1v) is 11.8. The van der Waals surface area contributed by atoms with Crippen LogP contribution in [0.5, 0.6) is 0 Å². The number of carbonyl (C=O) groups excluding carboxylic acids is 1. The van der Waals surface area contributed by atoms with Gasteiger partial charge in [0.15, 0.2) is 0 Å². The van der Waals surface area contributed by atoms with Crippen molar-refractivity contribution in [3.05, 3.63) is 96.6 Å². The van der Waals surface area contributed by atoms with Crippen LogP contribution in [-0.2, 0) is 0 Å². The van der Waals surface area contributed by atoms with Crippen LogP contribution in [0.3, 0.4) is 0 Å². The summed E-state index contributed by atoms with van der Waals surface area (Å²) in [5, 5.41) is 6.34. The fourth-order valence-electron chi connectivity index (χ4n) is 4.46. The van der Waals surface area contributed by atoms with Crippen molar-refractivity contribution in [2.24, 2.45) is 11.0 Å². The summed E-state index contributed by atoms with van der Waals surface area (Å²) in [6, 6.07) is 30.6. The van der Waals surface area contributed by atoms with Crippen molar-refractivity contribution in [1.82, 2.24) is 10.9 Å². The van der Waals surface area contributed by atoms with E-state index in [1.807, 2.05) is 24.4 Å². The molecule has 1 aliphatic rings. The van der Waals surface area contributed by atoms with Gasteiger partial charge in [-0.15, -0.1) is 0 Å². The Kier molecular flexibility index (Phi) is 8.25. The summed E-state index contributed by atoms with van der Waals surface area (Å²) in [5.41, 5.74) is 9.36. The van der Waals surface area contributed by atoms with E-state index in [0.717, 1.165) is 30.6 Å². The summed E-state index contributed by atoms with van der Waals surface area (Å²) < 4.78 is 0. The zero-order chi connectivity index (χ0) is 22.7. The minimum Gasteiger partial charge on any atom is -0.277 e. The molecule has 1 aliphatic carbocycles. The highest BCUT2D eigenvalue weighted by Gasteiger charge is 2.28. The molecule has 33 heavy (non-hydrogen) atoms. The van der Waals surface area contributed by atoms with E-state index in [4.69, 9.17) is 0 Å². The quantitative estimate of drug-likeness (QED) is 0.228. The van der Waals surface area contributed by atoms with E-state index in [9.17, 15) is 4.79 Å². The molecule has 0 spiro atoms. The Balaban J connectivity index is 1.28. The fourth-order valence-corrected chi connectivity index (χ4v) is 4.46. The summed E-state index contributed by atoms with van der Waals surface area (Å²) in [5.74, 6) is 0.459. The van der Waals surface area contributed by atoms with E-state index in [1.54, 1.807) is 12.1 Å². The van der Waals surface area contributed by atoms with Crippen molar-refractivity contribution in [3.63, 3.8) is 0 Å². The molecule has 1 amide bonds. The number of hydrogen-bond donors (Lipinski definition) is 2. The Labute approximate surface area is 196 Å². The van der Waals surface area contributed by atoms with E-state index in [2.05, 4.69) is 81.6 Å². The van der Waals surface area contributed by atoms with Crippen molar-refractivity contribution in [2.75, 3.05) is 5.01 Å². The lowest BCUT2D eigenvalue weighted by Gasteiger charge is -2.32. The molecule has 0 bridgehead atoms. The predicted octanol–water partition coefficient (Wildman–Crippen LogP) is 6.08. The zero-order valence-electron chi connectivity index (χ0n) is 18.9. The number of para-hydroxylation sites is 2. The van der Waals surface area contributed by atoms with Crippen LogP contribution in [0.25, 0.3) is 0 Å². The standard InChI is InChI=1S/C28H32N4O/c33-28(24-14-4-1-5-15-24)30-29-22-11-10-13-23-16-12-21-27(23)31-32(25-17-6-2-7-18-25)26-19-8-3-9-20-26/h1-9,14-15,17-20,22-23,27,31H,10-13,16,21H2,(H,30,33)/b29-22+. The average molecular weight is 441 g/mol. The number of amides is 1. The largest absolute Gasteiger partial charge is 0.277 e. The normalized spacial score (nSPS) is 17.8. The molecule has 2 atom stereocenters. The smallest absolute Gasteiger partial charge is 0.271 e. The van der Waals surface area contributed by atoms with Gasteiger partial charge in [0.1, 0.15) is 0 Å². The topological polar surface area (TPSA) is 56.7 Å². The zero-order valence-corrected chi connectivity index (χ0v) is 18.9. The summed E-state index contributed by atoms with van der Waals surface area (Å²) >= 11 is 0. The maximum absolute atomic E-state index is 12.0. The minimum absolute atomic E-state index is 0.172. The van der Waals surface area contributed by atoms with Crippen LogP contribution in [0.15, 0.2) is 96.1 Å². The second kappa shape index (κ2) is 12.0. The van der Waals surface area contributed by atoms with Crippen LogP contribution < -0.4 is 15.9 Å². The number of carbonyl (C=O) groups is 1. The monoisotopic (exact) mass is 440 g/mol. The first-order chi connectivity index (χ1) is 16.3. The summed E-state index contributed by atoms with van der Waals surface area (Å²) in [6.07, 6.45) is 8.57. The number of benzene rings is 3. The third kappa shape index (κ3) is 6.53. The molecule has 0 aliphatic heterocycles. The van der Waals surface area contributed by atoms with E-state index in [-0.39, 0.29) is 5.91 Å². The molecule has 1 saturated carbocycles. The van der Waals surface area contributed by atoms with Crippen LogP contribution >= 0.6 is 0 Å². The Bertz CT molecular complexity index is 968. The van der Waals surface area contributed by atoms with Gasteiger partial charge in [-0.25, -0.2) is 10.9 Å². The number of unbranched alkanes of at least 4 members (excludes halogenated alkanes) is 1. The molecule has 0 radical (unpaired) electrons. The number of rotatable bonds is 10. The maximum atomic E-state index is 12.0. The van der Waals surface area contributed by atoms with E-state index < -0.39 is 0 Å². The highest BCUT2D eigenvalue weighted by atomic mass is 16.2. The van der Waals surface area contributed by atoms with Gasteiger partial charge in [0.05, 0.1) is 11.4 Å². The molecule has 5 nitrogen and oxygen atoms in total. The fraction of sp³-hybridized carbons (Fsp3) is 0.286. The molecular formula is C28H32N4O. The maximum Gasteiger partial charge on any atom is 0.271 e. The molecule has 0 saturated heterocycles. The lowest BCUT2D eigenvalue weighted by atomic mass is 9.97. The first kappa shape index (κ1) is 22.7. The van der Waals surface area contributed by atoms with Gasteiger partial charge >= 0.3 is 0 Å². The highest BCUT2D eigenvalue weighted by Crippen LogP contribution is 2.32. The van der Waals surface area contributed by atoms with Gasteiger partial charge in [0.2, 0.25) is 0 Å². The number of nitrogens with zero attached hydrogens (tertiary/aromatic N) is 2. The number of hydrogen-bond acceptors (Lipinski definition) is 4. The average Bonchev–Trinajstić information content (AvgIpc) is 3.33. The van der Waals surface area contributed by atoms with Gasteiger partial charge in [-0.2, -0.15) is 5.10 Å². The van der Waals surface area contributed by atoms with Gasteiger partial charge in [-0.05, 0) is 74.4 Å². The van der Waals surface area contributed by atoms with E-state index in [1.165, 1.54) is 19.3 Å². The van der Waals surface area contributed by atoms with Crippen molar-refractivity contribution < 1.29 is 4.79 Å². The third-order valence-electron chi connectivity index (χ3n) is 6.18. The molecule has 3 aromatic carbocycles. The second-order valence-corrected chi connectivity index (χ2v) is 8.48. The van der Waals surface area contributed by atoms with Crippen LogP contribution in [-0.4, -0.2) is 18.2 Å². The molecule has 1 fully saturated rings. The van der Waals surface area contributed by atoms with E-state index in [0.29, 0.717) is 17.5 Å². The van der Waals surface area contributed by atoms with Crippen LogP contribution in [0.4, 0.5) is 11.4 Å². The Morgan fingerprint density at radius 1 is 0.879 bits per heavy atom. The molecule has 2 N–H and O–H groups in total. The SMILES string of the molecule is O=C(N/N=C/CCCC1CCCC1NN(c1ccccc1)c1ccccc1)c1ccccc1. The Morgan fingerprint density at radius 3 is 2.12 bits per heavy atom. The molecule has 4 rings (SSSR count). The molecule has 0 heterocycles. The lowest BCUT2D eigenvalue weighted by molar-refractivity contribution is 0.0955. The third-order valence-corrected chi connectivity index (χ3v) is 6.18. The summed E-state index contributed by atoms with van der Waals surface area (Å²) in [7, 11) is 0. The Morgan fingerprint density at radius 2 is 1.48 bits per heavy atom. The van der Waals surface area contributed by atoms with Gasteiger partial charge < -0.3 is 0 Å². The van der Waals surface area contributed by atoms with Crippen molar-refractivity contribution in [3.8, 4) is 0 Å². The van der Waals surface area contributed by atoms with Crippen molar-refractivity contribution in [2.45, 2.75) is 44.6 Å². The highest BCUT2D eigenvalue weighted by molar-refractivity contribution is 5.94. The number of anilines is 2.